The van der Waals surface area contributed by atoms with Gasteiger partial charge in [0, 0.05) is 19.7 Å². The first kappa shape index (κ1) is 11.3. The van der Waals surface area contributed by atoms with Crippen LogP contribution in [0.25, 0.3) is 0 Å². The molecule has 1 atom stereocenters. The fourth-order valence-corrected chi connectivity index (χ4v) is 1.09. The summed E-state index contributed by atoms with van der Waals surface area (Å²) < 4.78 is 1.67. The summed E-state index contributed by atoms with van der Waals surface area (Å²) in [6.07, 6.45) is 7.10. The van der Waals surface area contributed by atoms with E-state index < -0.39 is 6.04 Å². The van der Waals surface area contributed by atoms with Crippen LogP contribution >= 0.6 is 0 Å². The normalized spacial score (nSPS) is 11.8. The van der Waals surface area contributed by atoms with Crippen LogP contribution < -0.4 is 11.1 Å². The summed E-state index contributed by atoms with van der Waals surface area (Å²) in [5.74, 6) is 2.09. The Morgan fingerprint density at radius 2 is 2.60 bits per heavy atom. The van der Waals surface area contributed by atoms with Crippen molar-refractivity contribution in [3.63, 3.8) is 0 Å². The molecule has 0 aromatic carbocycles. The average molecular weight is 206 g/mol. The molecule has 0 saturated heterocycles. The minimum atomic E-state index is -0.640. The number of hydrogen-bond acceptors (Lipinski definition) is 3. The first-order valence-electron chi connectivity index (χ1n) is 4.58. The van der Waals surface area contributed by atoms with Crippen LogP contribution in [0.15, 0.2) is 12.3 Å². The van der Waals surface area contributed by atoms with Crippen molar-refractivity contribution in [3.05, 3.63) is 18.0 Å². The maximum Gasteiger partial charge on any atom is 0.238 e. The number of nitrogens with two attached hydrogens (primary N) is 1. The summed E-state index contributed by atoms with van der Waals surface area (Å²) in [5, 5.41) is 6.77. The number of aromatic nitrogens is 2. The van der Waals surface area contributed by atoms with E-state index in [9.17, 15) is 4.79 Å². The van der Waals surface area contributed by atoms with E-state index in [-0.39, 0.29) is 12.3 Å². The van der Waals surface area contributed by atoms with Gasteiger partial charge in [-0.1, -0.05) is 0 Å². The van der Waals surface area contributed by atoms with Gasteiger partial charge in [0.1, 0.15) is 0 Å². The number of amides is 1. The largest absolute Gasteiger partial charge is 0.349 e. The van der Waals surface area contributed by atoms with E-state index in [0.717, 1.165) is 5.69 Å². The molecule has 1 amide bonds. The number of carbonyl (C=O) groups excluding carboxylic acids is 1. The van der Waals surface area contributed by atoms with Crippen LogP contribution in [0, 0.1) is 12.3 Å². The molecule has 1 rings (SSSR count). The minimum absolute atomic E-state index is 0.244. The Labute approximate surface area is 88.6 Å². The zero-order valence-electron chi connectivity index (χ0n) is 8.60. The van der Waals surface area contributed by atoms with Crippen LogP contribution in [0.2, 0.25) is 0 Å². The maximum atomic E-state index is 11.3. The summed E-state index contributed by atoms with van der Waals surface area (Å²) in [4.78, 5) is 11.3. The van der Waals surface area contributed by atoms with Gasteiger partial charge in [0.25, 0.3) is 0 Å². The lowest BCUT2D eigenvalue weighted by Crippen LogP contribution is -2.39. The molecule has 0 aliphatic carbocycles. The van der Waals surface area contributed by atoms with Crippen LogP contribution in [0.1, 0.15) is 12.1 Å². The predicted octanol–water partition coefficient (Wildman–Crippen LogP) is -0.613. The summed E-state index contributed by atoms with van der Waals surface area (Å²) >= 11 is 0. The summed E-state index contributed by atoms with van der Waals surface area (Å²) in [7, 11) is 1.81. The Bertz CT molecular complexity index is 377. The van der Waals surface area contributed by atoms with E-state index in [1.807, 2.05) is 19.3 Å². The smallest absolute Gasteiger partial charge is 0.238 e. The fraction of sp³-hybridized carbons (Fsp3) is 0.400. The topological polar surface area (TPSA) is 72.9 Å². The van der Waals surface area contributed by atoms with E-state index in [1.54, 1.807) is 4.68 Å². The van der Waals surface area contributed by atoms with Gasteiger partial charge in [-0.25, -0.2) is 0 Å². The summed E-state index contributed by atoms with van der Waals surface area (Å²) in [6.45, 7) is 0.373. The van der Waals surface area contributed by atoms with Gasteiger partial charge in [-0.05, 0) is 6.07 Å². The first-order valence-corrected chi connectivity index (χ1v) is 4.58. The number of nitrogens with zero attached hydrogens (tertiary/aromatic N) is 2. The lowest BCUT2D eigenvalue weighted by atomic mass is 10.2. The number of nitrogens with one attached hydrogen (secondary N) is 1. The van der Waals surface area contributed by atoms with Crippen molar-refractivity contribution in [2.24, 2.45) is 12.8 Å². The van der Waals surface area contributed by atoms with Crippen molar-refractivity contribution >= 4 is 5.91 Å². The van der Waals surface area contributed by atoms with Crippen molar-refractivity contribution in [2.75, 3.05) is 0 Å². The Kier molecular flexibility index (Phi) is 3.89. The molecule has 1 heterocycles. The van der Waals surface area contributed by atoms with Crippen molar-refractivity contribution in [1.82, 2.24) is 15.1 Å². The van der Waals surface area contributed by atoms with Crippen molar-refractivity contribution in [1.29, 1.82) is 0 Å². The van der Waals surface area contributed by atoms with Gasteiger partial charge in [-0.3, -0.25) is 9.48 Å². The molecule has 1 aromatic heterocycles. The molecule has 0 fully saturated rings. The highest BCUT2D eigenvalue weighted by Crippen LogP contribution is 1.94. The zero-order chi connectivity index (χ0) is 11.3. The molecule has 0 aliphatic heterocycles. The third-order valence-corrected chi connectivity index (χ3v) is 1.89. The molecule has 0 aliphatic rings. The second kappa shape index (κ2) is 5.17. The van der Waals surface area contributed by atoms with E-state index in [2.05, 4.69) is 16.3 Å². The van der Waals surface area contributed by atoms with Gasteiger partial charge in [-0.2, -0.15) is 5.10 Å². The molecule has 1 unspecified atom stereocenters. The lowest BCUT2D eigenvalue weighted by molar-refractivity contribution is -0.122. The molecule has 1 aromatic rings. The number of rotatable bonds is 4. The lowest BCUT2D eigenvalue weighted by Gasteiger charge is -2.07. The fourth-order valence-electron chi connectivity index (χ4n) is 1.09. The Morgan fingerprint density at radius 1 is 1.87 bits per heavy atom. The Morgan fingerprint density at radius 3 is 3.13 bits per heavy atom. The zero-order valence-corrected chi connectivity index (χ0v) is 8.60. The number of aryl methyl sites for hydroxylation is 1. The summed E-state index contributed by atoms with van der Waals surface area (Å²) in [5.41, 5.74) is 6.31. The highest BCUT2D eigenvalue weighted by Gasteiger charge is 2.11. The van der Waals surface area contributed by atoms with Crippen molar-refractivity contribution in [3.8, 4) is 12.3 Å². The summed E-state index contributed by atoms with van der Waals surface area (Å²) in [6, 6.07) is 1.19. The molecule has 3 N–H and O–H groups in total. The molecule has 0 radical (unpaired) electrons. The molecule has 15 heavy (non-hydrogen) atoms. The quantitative estimate of drug-likeness (QED) is 0.645. The molecule has 5 heteroatoms. The molecule has 0 saturated carbocycles. The second-order valence-corrected chi connectivity index (χ2v) is 3.21. The monoisotopic (exact) mass is 206 g/mol. The van der Waals surface area contributed by atoms with Gasteiger partial charge >= 0.3 is 0 Å². The molecule has 0 spiro atoms. The van der Waals surface area contributed by atoms with Gasteiger partial charge in [0.05, 0.1) is 18.3 Å². The van der Waals surface area contributed by atoms with E-state index >= 15 is 0 Å². The molecule has 0 bridgehead atoms. The van der Waals surface area contributed by atoms with E-state index in [1.165, 1.54) is 0 Å². The highest BCUT2D eigenvalue weighted by molar-refractivity contribution is 5.81. The SMILES string of the molecule is C#CCC(N)C(=O)NCc1ccn(C)n1. The molecular formula is C10H14N4O. The highest BCUT2D eigenvalue weighted by atomic mass is 16.2. The van der Waals surface area contributed by atoms with Crippen LogP contribution in [0.4, 0.5) is 0 Å². The molecule has 5 nitrogen and oxygen atoms in total. The predicted molar refractivity (Wildman–Crippen MR) is 56.5 cm³/mol. The van der Waals surface area contributed by atoms with Crippen LogP contribution in [-0.4, -0.2) is 21.7 Å². The third kappa shape index (κ3) is 3.44. The minimum Gasteiger partial charge on any atom is -0.349 e. The molecule has 80 valence electrons. The van der Waals surface area contributed by atoms with Gasteiger partial charge in [0.15, 0.2) is 0 Å². The van der Waals surface area contributed by atoms with Crippen LogP contribution in [0.5, 0.6) is 0 Å². The third-order valence-electron chi connectivity index (χ3n) is 1.89. The average Bonchev–Trinajstić information content (AvgIpc) is 2.61. The van der Waals surface area contributed by atoms with Crippen LogP contribution in [-0.2, 0) is 18.4 Å². The maximum absolute atomic E-state index is 11.3. The first-order chi connectivity index (χ1) is 7.13. The van der Waals surface area contributed by atoms with Crippen LogP contribution in [0.3, 0.4) is 0 Å². The standard InChI is InChI=1S/C10H14N4O/c1-3-4-9(11)10(15)12-7-8-5-6-14(2)13-8/h1,5-6,9H,4,7,11H2,2H3,(H,12,15). The van der Waals surface area contributed by atoms with Gasteiger partial charge < -0.3 is 11.1 Å². The van der Waals surface area contributed by atoms with Crippen molar-refractivity contribution in [2.45, 2.75) is 19.0 Å². The Hall–Kier alpha value is -1.80. The number of carbonyl (C=O) groups is 1. The number of hydrogen-bond donors (Lipinski definition) is 2. The second-order valence-electron chi connectivity index (χ2n) is 3.21. The van der Waals surface area contributed by atoms with Gasteiger partial charge in [-0.15, -0.1) is 12.3 Å². The van der Waals surface area contributed by atoms with Crippen molar-refractivity contribution < 1.29 is 4.79 Å². The number of terminal acetylenes is 1. The van der Waals surface area contributed by atoms with E-state index in [4.69, 9.17) is 12.2 Å². The van der Waals surface area contributed by atoms with Gasteiger partial charge in [0.2, 0.25) is 5.91 Å². The Balaban J connectivity index is 2.38. The molecular weight excluding hydrogens is 192 g/mol. The van der Waals surface area contributed by atoms with E-state index in [0.29, 0.717) is 6.54 Å².